The summed E-state index contributed by atoms with van der Waals surface area (Å²) in [6.45, 7) is 11.7. The van der Waals surface area contributed by atoms with E-state index in [1.165, 1.54) is 0 Å². The van der Waals surface area contributed by atoms with Gasteiger partial charge in [0, 0.05) is 65.8 Å². The molecule has 13 rings (SSSR count). The third kappa shape index (κ3) is 5.39. The topological polar surface area (TPSA) is 15.3 Å². The van der Waals surface area contributed by atoms with E-state index < -0.39 is 71.3 Å². The van der Waals surface area contributed by atoms with E-state index in [0.717, 1.165) is 0 Å². The number of hydrogen-bond acceptors (Lipinski definition) is 2. The molecule has 66 heavy (non-hydrogen) atoms. The number of benzene rings is 9. The number of rotatable bonds is 6. The van der Waals surface area contributed by atoms with Gasteiger partial charge in [0.25, 0.3) is 0 Å². The molecule has 4 heterocycles. The fraction of sp³-hybridized carbons (Fsp3) is 0.129. The molecule has 0 fully saturated rings. The van der Waals surface area contributed by atoms with Gasteiger partial charge in [-0.25, -0.2) is 0 Å². The molecule has 0 bridgehead atoms. The zero-order chi connectivity index (χ0) is 58.6. The first-order valence-corrected chi connectivity index (χ1v) is 22.0. The van der Waals surface area contributed by atoms with E-state index in [1.807, 2.05) is 86.7 Å². The molecule has 0 N–H and O–H groups in total. The molecule has 0 spiro atoms. The molecule has 0 atom stereocenters. The molecule has 4 nitrogen and oxygen atoms in total. The molecule has 4 aromatic heterocycles. The molecule has 318 valence electrons. The predicted molar refractivity (Wildman–Crippen MR) is 283 cm³/mol. The third-order valence-corrected chi connectivity index (χ3v) is 13.0. The molecule has 0 aliphatic carbocycles. The monoisotopic (exact) mass is 867 g/mol. The van der Waals surface area contributed by atoms with E-state index in [-0.39, 0.29) is 47.6 Å². The van der Waals surface area contributed by atoms with Crippen LogP contribution in [0.2, 0.25) is 0 Å². The minimum Gasteiger partial charge on any atom is -0.310 e. The average Bonchev–Trinajstić information content (AvgIpc) is 2.77. The molecule has 0 aliphatic rings. The van der Waals surface area contributed by atoms with E-state index in [4.69, 9.17) is 8.22 Å². The van der Waals surface area contributed by atoms with Crippen molar-refractivity contribution in [2.24, 2.45) is 0 Å². The van der Waals surface area contributed by atoms with Crippen LogP contribution in [0.15, 0.2) is 194 Å². The average molecular weight is 867 g/mol. The van der Waals surface area contributed by atoms with Crippen molar-refractivity contribution < 1.29 is 21.9 Å². The molecule has 9 aromatic carbocycles. The Morgan fingerprint density at radius 2 is 0.758 bits per heavy atom. The van der Waals surface area contributed by atoms with Crippen LogP contribution in [-0.4, -0.2) is 8.80 Å². The van der Waals surface area contributed by atoms with Gasteiger partial charge in [0.1, 0.15) is 0 Å². The summed E-state index contributed by atoms with van der Waals surface area (Å²) in [5.74, 6) is 0. The van der Waals surface area contributed by atoms with Crippen LogP contribution in [0.25, 0.3) is 76.2 Å². The van der Waals surface area contributed by atoms with Gasteiger partial charge in [0.2, 0.25) is 0 Å². The second kappa shape index (κ2) is 13.8. The molecule has 0 unspecified atom stereocenters. The van der Waals surface area contributed by atoms with Gasteiger partial charge in [-0.05, 0) is 94.7 Å². The Bertz CT molecular complexity index is 4590. The number of fused-ring (bicyclic) bond motifs is 12. The standard InChI is InChI=1S/C62H50N4/c1-61(2,3)49-31-19-29-45-55-51(63(39-21-11-7-12-22-39)40-23-13-8-14-24-40)35-33-43-47-38-54-48(37-53(47)65(57(45)49)59(43)55)44-34-36-52(64(41-25-15-9-16-26-41)42-27-17-10-18-28-42)56-46-30-20-32-50(62(4,5)6)58(46)66(54)60(44)56/h7-38H,1-6H3/i7D,9D,11D,12D,15D,16D,19D,20D,21D,22D,25D,26D,29D,30D,31D,32D. The Hall–Kier alpha value is -7.82. The van der Waals surface area contributed by atoms with Gasteiger partial charge in [0.15, 0.2) is 0 Å². The maximum atomic E-state index is 9.83. The van der Waals surface area contributed by atoms with Crippen molar-refractivity contribution in [1.29, 1.82) is 0 Å². The number of aromatic nitrogens is 2. The molecule has 0 radical (unpaired) electrons. The zero-order valence-electron chi connectivity index (χ0n) is 53.0. The Labute approximate surface area is 407 Å². The Balaban J connectivity index is 1.26. The van der Waals surface area contributed by atoms with Gasteiger partial charge in [-0.1, -0.05) is 163 Å². The summed E-state index contributed by atoms with van der Waals surface area (Å²) in [6.07, 6.45) is 0. The molecule has 0 amide bonds. The summed E-state index contributed by atoms with van der Waals surface area (Å²) < 4.78 is 151. The molecular weight excluding hydrogens is 801 g/mol. The van der Waals surface area contributed by atoms with Crippen molar-refractivity contribution in [2.45, 2.75) is 52.4 Å². The SMILES string of the molecule is [2H]c1c([2H])c([2H])c(N(c2ccccc2)c2ccc3c4cc5c(cc4n4c6c(C(C)(C)C)c([2H])c([2H])c([2H])c6c2c34)c2ccc(N(c3ccccc3)c3c([2H])c([2H])c([2H])c([2H])c3[2H])c3c4c([2H])c([2H])c([2H])c(C(C)(C)C)c4n5c23)c([2H])c1[2H]. The summed E-state index contributed by atoms with van der Waals surface area (Å²) in [5.41, 5.74) is 4.29. The zero-order valence-corrected chi connectivity index (χ0v) is 37.0. The fourth-order valence-corrected chi connectivity index (χ4v) is 10.3. The first-order valence-electron chi connectivity index (χ1n) is 30.0. The highest BCUT2D eigenvalue weighted by Gasteiger charge is 2.31. The summed E-state index contributed by atoms with van der Waals surface area (Å²) in [7, 11) is 0. The van der Waals surface area contributed by atoms with Crippen LogP contribution in [0, 0.1) is 0 Å². The highest BCUT2D eigenvalue weighted by molar-refractivity contribution is 6.32. The maximum absolute atomic E-state index is 9.83. The van der Waals surface area contributed by atoms with E-state index in [1.54, 1.807) is 70.5 Å². The van der Waals surface area contributed by atoms with Crippen LogP contribution in [0.3, 0.4) is 0 Å². The van der Waals surface area contributed by atoms with Crippen LogP contribution in [-0.2, 0) is 10.8 Å². The summed E-state index contributed by atoms with van der Waals surface area (Å²) >= 11 is 0. The molecule has 0 saturated heterocycles. The van der Waals surface area contributed by atoms with Gasteiger partial charge in [-0.2, -0.15) is 0 Å². The lowest BCUT2D eigenvalue weighted by molar-refractivity contribution is 0.594. The van der Waals surface area contributed by atoms with Crippen LogP contribution in [0.5, 0.6) is 0 Å². The molecule has 0 aliphatic heterocycles. The minimum absolute atomic E-state index is 0.126. The van der Waals surface area contributed by atoms with Gasteiger partial charge in [0.05, 0.1) is 66.4 Å². The van der Waals surface area contributed by atoms with Crippen LogP contribution in [0.4, 0.5) is 34.1 Å². The first-order chi connectivity index (χ1) is 38.7. The summed E-state index contributed by atoms with van der Waals surface area (Å²) in [4.78, 5) is 3.23. The number of hydrogen-bond donors (Lipinski definition) is 0. The number of anilines is 6. The largest absolute Gasteiger partial charge is 0.310 e. The minimum atomic E-state index is -0.787. The van der Waals surface area contributed by atoms with E-state index in [0.29, 0.717) is 110 Å². The quantitative estimate of drug-likeness (QED) is 0.165. The lowest BCUT2D eigenvalue weighted by atomic mass is 9.85. The Kier molecular flexibility index (Phi) is 5.37. The van der Waals surface area contributed by atoms with Crippen molar-refractivity contribution in [3.05, 3.63) is 205 Å². The van der Waals surface area contributed by atoms with Crippen molar-refractivity contribution in [2.75, 3.05) is 9.80 Å². The number of nitrogens with zero attached hydrogens (tertiary/aromatic N) is 4. The third-order valence-electron chi connectivity index (χ3n) is 13.0. The lowest BCUT2D eigenvalue weighted by Crippen LogP contribution is -2.12. The van der Waals surface area contributed by atoms with Gasteiger partial charge >= 0.3 is 0 Å². The maximum Gasteiger partial charge on any atom is 0.0645 e. The molecule has 0 saturated carbocycles. The van der Waals surface area contributed by atoms with Gasteiger partial charge in [-0.15, -0.1) is 0 Å². The predicted octanol–water partition coefficient (Wildman–Crippen LogP) is 17.5. The Morgan fingerprint density at radius 1 is 0.364 bits per heavy atom. The molecule has 13 aromatic rings. The van der Waals surface area contributed by atoms with Crippen molar-refractivity contribution >= 4 is 110 Å². The van der Waals surface area contributed by atoms with Crippen LogP contribution in [0.1, 0.15) is 74.6 Å². The van der Waals surface area contributed by atoms with Gasteiger partial charge < -0.3 is 18.6 Å². The molecular formula is C62H50N4. The van der Waals surface area contributed by atoms with E-state index in [2.05, 4.69) is 0 Å². The van der Waals surface area contributed by atoms with Crippen molar-refractivity contribution in [3.63, 3.8) is 0 Å². The van der Waals surface area contributed by atoms with E-state index in [9.17, 15) is 13.7 Å². The van der Waals surface area contributed by atoms with Crippen molar-refractivity contribution in [3.8, 4) is 0 Å². The number of para-hydroxylation sites is 6. The first kappa shape index (κ1) is 25.6. The highest BCUT2D eigenvalue weighted by atomic mass is 15.2. The smallest absolute Gasteiger partial charge is 0.0645 e. The van der Waals surface area contributed by atoms with Crippen molar-refractivity contribution in [1.82, 2.24) is 8.80 Å². The van der Waals surface area contributed by atoms with Gasteiger partial charge in [-0.3, -0.25) is 0 Å². The Morgan fingerprint density at radius 3 is 1.14 bits per heavy atom. The second-order valence-corrected chi connectivity index (χ2v) is 19.0. The van der Waals surface area contributed by atoms with Crippen LogP contribution >= 0.6 is 0 Å². The summed E-state index contributed by atoms with van der Waals surface area (Å²) in [6, 6.07) is 23.0. The lowest BCUT2D eigenvalue weighted by Gasteiger charge is -2.26. The second-order valence-electron chi connectivity index (χ2n) is 19.0. The van der Waals surface area contributed by atoms with E-state index >= 15 is 0 Å². The van der Waals surface area contributed by atoms with Crippen LogP contribution < -0.4 is 9.80 Å². The summed E-state index contributed by atoms with van der Waals surface area (Å²) in [5, 5.41) is 4.38. The highest BCUT2D eigenvalue weighted by Crippen LogP contribution is 2.52. The normalized spacial score (nSPS) is 16.1. The molecule has 4 heteroatoms. The fourth-order valence-electron chi connectivity index (χ4n) is 10.3.